The van der Waals surface area contributed by atoms with Gasteiger partial charge in [0.2, 0.25) is 0 Å². The SMILES string of the molecule is CC12CCC(c3c[nH]c4ccccc34)(N=C1Cl)C(=O)O2. The minimum Gasteiger partial charge on any atom is -0.450 e. The number of halogens is 1. The van der Waals surface area contributed by atoms with E-state index < -0.39 is 11.1 Å². The molecule has 1 aromatic heterocycles. The van der Waals surface area contributed by atoms with Gasteiger partial charge in [0.25, 0.3) is 0 Å². The smallest absolute Gasteiger partial charge is 0.339 e. The van der Waals surface area contributed by atoms with Crippen LogP contribution in [0.2, 0.25) is 0 Å². The summed E-state index contributed by atoms with van der Waals surface area (Å²) >= 11 is 6.24. The molecule has 2 bridgehead atoms. The quantitative estimate of drug-likeness (QED) is 0.820. The number of aromatic nitrogens is 1. The molecule has 0 saturated carbocycles. The molecule has 1 N–H and O–H groups in total. The van der Waals surface area contributed by atoms with Gasteiger partial charge >= 0.3 is 5.97 Å². The summed E-state index contributed by atoms with van der Waals surface area (Å²) in [7, 11) is 0. The molecule has 1 saturated heterocycles. The number of rotatable bonds is 1. The number of esters is 1. The number of ether oxygens (including phenoxy) is 1. The molecule has 2 atom stereocenters. The van der Waals surface area contributed by atoms with Gasteiger partial charge < -0.3 is 9.72 Å². The Labute approximate surface area is 120 Å². The molecule has 20 heavy (non-hydrogen) atoms. The number of carbonyl (C=O) groups is 1. The van der Waals surface area contributed by atoms with Crippen LogP contribution in [0.15, 0.2) is 35.5 Å². The van der Waals surface area contributed by atoms with Crippen LogP contribution in [0.4, 0.5) is 0 Å². The van der Waals surface area contributed by atoms with Crippen molar-refractivity contribution < 1.29 is 9.53 Å². The highest BCUT2D eigenvalue weighted by molar-refractivity contribution is 6.67. The Hall–Kier alpha value is -1.81. The highest BCUT2D eigenvalue weighted by atomic mass is 35.5. The molecule has 4 nitrogen and oxygen atoms in total. The monoisotopic (exact) mass is 288 g/mol. The third kappa shape index (κ3) is 1.32. The molecule has 1 fully saturated rings. The van der Waals surface area contributed by atoms with Crippen molar-refractivity contribution in [2.75, 3.05) is 0 Å². The molecule has 4 heterocycles. The number of benzene rings is 1. The Balaban J connectivity index is 1.99. The van der Waals surface area contributed by atoms with E-state index in [9.17, 15) is 4.79 Å². The molecule has 0 radical (unpaired) electrons. The predicted octanol–water partition coefficient (Wildman–Crippen LogP) is 3.11. The van der Waals surface area contributed by atoms with Crippen molar-refractivity contribution in [1.82, 2.24) is 4.98 Å². The Kier molecular flexibility index (Phi) is 2.18. The molecule has 1 aromatic carbocycles. The Bertz CT molecular complexity index is 766. The first-order chi connectivity index (χ1) is 9.55. The first-order valence-electron chi connectivity index (χ1n) is 6.61. The number of carbonyl (C=O) groups excluding carboxylic acids is 1. The molecule has 2 unspecified atom stereocenters. The Morgan fingerprint density at radius 3 is 2.90 bits per heavy atom. The normalized spacial score (nSPS) is 32.3. The number of aliphatic imine (C=N–C) groups is 1. The van der Waals surface area contributed by atoms with Crippen molar-refractivity contribution in [3.8, 4) is 0 Å². The summed E-state index contributed by atoms with van der Waals surface area (Å²) < 4.78 is 5.55. The number of nitrogens with one attached hydrogen (secondary N) is 1. The second kappa shape index (κ2) is 3.64. The van der Waals surface area contributed by atoms with Gasteiger partial charge in [0.1, 0.15) is 5.17 Å². The number of para-hydroxylation sites is 1. The number of aromatic amines is 1. The average Bonchev–Trinajstić information content (AvgIpc) is 2.85. The fourth-order valence-corrected chi connectivity index (χ4v) is 3.39. The lowest BCUT2D eigenvalue weighted by Crippen LogP contribution is -2.56. The van der Waals surface area contributed by atoms with Crippen LogP contribution in [0.25, 0.3) is 10.9 Å². The van der Waals surface area contributed by atoms with Crippen LogP contribution in [0.1, 0.15) is 25.3 Å². The second-order valence-electron chi connectivity index (χ2n) is 5.63. The van der Waals surface area contributed by atoms with Crippen LogP contribution in [0.5, 0.6) is 0 Å². The van der Waals surface area contributed by atoms with Gasteiger partial charge in [-0.25, -0.2) is 9.79 Å². The van der Waals surface area contributed by atoms with Gasteiger partial charge in [-0.2, -0.15) is 0 Å². The predicted molar refractivity (Wildman–Crippen MR) is 77.0 cm³/mol. The zero-order valence-corrected chi connectivity index (χ0v) is 11.7. The van der Waals surface area contributed by atoms with E-state index in [-0.39, 0.29) is 5.97 Å². The van der Waals surface area contributed by atoms with Crippen LogP contribution in [0.3, 0.4) is 0 Å². The van der Waals surface area contributed by atoms with Crippen LogP contribution < -0.4 is 0 Å². The highest BCUT2D eigenvalue weighted by Gasteiger charge is 2.57. The molecular formula is C15H13ClN2O2. The van der Waals surface area contributed by atoms with Crippen LogP contribution in [0, 0.1) is 0 Å². The Morgan fingerprint density at radius 2 is 2.15 bits per heavy atom. The summed E-state index contributed by atoms with van der Waals surface area (Å²) in [5.41, 5.74) is 0.0916. The second-order valence-corrected chi connectivity index (χ2v) is 5.99. The van der Waals surface area contributed by atoms with Gasteiger partial charge in [0.15, 0.2) is 11.1 Å². The topological polar surface area (TPSA) is 54.5 Å². The molecule has 0 aliphatic carbocycles. The van der Waals surface area contributed by atoms with E-state index in [0.717, 1.165) is 16.5 Å². The molecule has 5 rings (SSSR count). The molecule has 102 valence electrons. The molecule has 0 spiro atoms. The molecule has 3 aliphatic rings. The third-order valence-electron chi connectivity index (χ3n) is 4.38. The van der Waals surface area contributed by atoms with Gasteiger partial charge in [0.05, 0.1) is 0 Å². The lowest BCUT2D eigenvalue weighted by atomic mass is 9.77. The van der Waals surface area contributed by atoms with Crippen LogP contribution >= 0.6 is 11.6 Å². The van der Waals surface area contributed by atoms with E-state index in [4.69, 9.17) is 16.3 Å². The molecule has 2 aromatic rings. The average molecular weight is 289 g/mol. The summed E-state index contributed by atoms with van der Waals surface area (Å²) in [4.78, 5) is 20.2. The van der Waals surface area contributed by atoms with Gasteiger partial charge in [-0.1, -0.05) is 29.8 Å². The van der Waals surface area contributed by atoms with Gasteiger partial charge in [-0.3, -0.25) is 0 Å². The van der Waals surface area contributed by atoms with E-state index in [1.54, 1.807) is 0 Å². The van der Waals surface area contributed by atoms with E-state index in [1.807, 2.05) is 37.4 Å². The van der Waals surface area contributed by atoms with Crippen LogP contribution in [-0.4, -0.2) is 21.7 Å². The largest absolute Gasteiger partial charge is 0.450 e. The maximum absolute atomic E-state index is 12.5. The minimum atomic E-state index is -0.992. The van der Waals surface area contributed by atoms with Gasteiger partial charge in [0, 0.05) is 22.7 Å². The van der Waals surface area contributed by atoms with Gasteiger partial charge in [-0.15, -0.1) is 0 Å². The highest BCUT2D eigenvalue weighted by Crippen LogP contribution is 2.49. The number of nitrogens with zero attached hydrogens (tertiary/aromatic N) is 1. The summed E-state index contributed by atoms with van der Waals surface area (Å²) in [6.45, 7) is 1.81. The van der Waals surface area contributed by atoms with Gasteiger partial charge in [-0.05, 0) is 25.8 Å². The molecule has 3 aliphatic heterocycles. The van der Waals surface area contributed by atoms with Crippen molar-refractivity contribution in [1.29, 1.82) is 0 Å². The zero-order chi connectivity index (χ0) is 14.0. The minimum absolute atomic E-state index is 0.305. The third-order valence-corrected chi connectivity index (χ3v) is 4.86. The van der Waals surface area contributed by atoms with Crippen molar-refractivity contribution in [2.45, 2.75) is 30.9 Å². The lowest BCUT2D eigenvalue weighted by molar-refractivity contribution is -0.169. The fraction of sp³-hybridized carbons (Fsp3) is 0.333. The van der Waals surface area contributed by atoms with Crippen molar-refractivity contribution in [2.24, 2.45) is 4.99 Å². The number of hydrogen-bond donors (Lipinski definition) is 1. The number of H-pyrrole nitrogens is 1. The number of fused-ring (bicyclic) bond motifs is 3. The van der Waals surface area contributed by atoms with E-state index in [1.165, 1.54) is 0 Å². The summed E-state index contributed by atoms with van der Waals surface area (Å²) in [5, 5.41) is 1.37. The molecule has 0 amide bonds. The summed E-state index contributed by atoms with van der Waals surface area (Å²) in [6.07, 6.45) is 3.16. The molecule has 5 heteroatoms. The lowest BCUT2D eigenvalue weighted by Gasteiger charge is -2.46. The number of hydrogen-bond acceptors (Lipinski definition) is 3. The fourth-order valence-electron chi connectivity index (χ4n) is 3.11. The van der Waals surface area contributed by atoms with Crippen LogP contribution in [-0.2, 0) is 15.1 Å². The Morgan fingerprint density at radius 1 is 1.35 bits per heavy atom. The van der Waals surface area contributed by atoms with E-state index >= 15 is 0 Å². The zero-order valence-electron chi connectivity index (χ0n) is 10.9. The van der Waals surface area contributed by atoms with Crippen molar-refractivity contribution >= 4 is 33.6 Å². The summed E-state index contributed by atoms with van der Waals surface area (Å²) in [5.74, 6) is -0.305. The van der Waals surface area contributed by atoms with Crippen molar-refractivity contribution in [3.05, 3.63) is 36.0 Å². The maximum Gasteiger partial charge on any atom is 0.339 e. The maximum atomic E-state index is 12.5. The summed E-state index contributed by atoms with van der Waals surface area (Å²) in [6, 6.07) is 7.85. The van der Waals surface area contributed by atoms with E-state index in [2.05, 4.69) is 9.98 Å². The van der Waals surface area contributed by atoms with E-state index in [0.29, 0.717) is 18.0 Å². The van der Waals surface area contributed by atoms with Crippen molar-refractivity contribution in [3.63, 3.8) is 0 Å². The first kappa shape index (κ1) is 12.0. The first-order valence-corrected chi connectivity index (χ1v) is 6.99. The standard InChI is InChI=1S/C15H13ClN2O2/c1-14-6-7-15(13(19)20-14,18-12(14)16)10-8-17-11-5-3-2-4-9(10)11/h2-5,8,17H,6-7H2,1H3. The molecular weight excluding hydrogens is 276 g/mol.